The molecule has 1 unspecified atom stereocenters. The Labute approximate surface area is 122 Å². The molecule has 0 aliphatic heterocycles. The number of nitrogens with one attached hydrogen (secondary N) is 1. The molecule has 0 aliphatic carbocycles. The SMILES string of the molecule is Cc1cc(C)cc(C(C#N)Nc2ccc(Br)cc2)c1. The van der Waals surface area contributed by atoms with E-state index in [1.807, 2.05) is 50.2 Å². The molecule has 2 rings (SSSR count). The van der Waals surface area contributed by atoms with E-state index in [1.165, 1.54) is 11.1 Å². The van der Waals surface area contributed by atoms with Crippen molar-refractivity contribution in [1.82, 2.24) is 0 Å². The monoisotopic (exact) mass is 314 g/mol. The van der Waals surface area contributed by atoms with Crippen LogP contribution in [0.5, 0.6) is 0 Å². The van der Waals surface area contributed by atoms with E-state index in [2.05, 4.69) is 33.4 Å². The summed E-state index contributed by atoms with van der Waals surface area (Å²) in [6.07, 6.45) is 0. The van der Waals surface area contributed by atoms with Crippen molar-refractivity contribution in [3.05, 3.63) is 63.6 Å². The Morgan fingerprint density at radius 2 is 1.63 bits per heavy atom. The van der Waals surface area contributed by atoms with E-state index in [0.29, 0.717) is 0 Å². The summed E-state index contributed by atoms with van der Waals surface area (Å²) in [5.74, 6) is 0. The second-order valence-electron chi connectivity index (χ2n) is 4.63. The summed E-state index contributed by atoms with van der Waals surface area (Å²) in [5, 5.41) is 12.6. The highest BCUT2D eigenvalue weighted by Gasteiger charge is 2.11. The van der Waals surface area contributed by atoms with Crippen LogP contribution in [-0.4, -0.2) is 0 Å². The maximum absolute atomic E-state index is 9.36. The van der Waals surface area contributed by atoms with Crippen molar-refractivity contribution >= 4 is 21.6 Å². The molecule has 96 valence electrons. The molecule has 0 radical (unpaired) electrons. The highest BCUT2D eigenvalue weighted by atomic mass is 79.9. The Morgan fingerprint density at radius 1 is 1.05 bits per heavy atom. The van der Waals surface area contributed by atoms with Gasteiger partial charge in [0.1, 0.15) is 6.04 Å². The predicted molar refractivity (Wildman–Crippen MR) is 82.0 cm³/mol. The number of hydrogen-bond donors (Lipinski definition) is 1. The summed E-state index contributed by atoms with van der Waals surface area (Å²) in [7, 11) is 0. The molecule has 19 heavy (non-hydrogen) atoms. The molecule has 0 saturated carbocycles. The minimum atomic E-state index is -0.334. The van der Waals surface area contributed by atoms with Gasteiger partial charge in [0.25, 0.3) is 0 Å². The number of halogens is 1. The number of nitrogens with zero attached hydrogens (tertiary/aromatic N) is 1. The van der Waals surface area contributed by atoms with E-state index in [-0.39, 0.29) is 6.04 Å². The average molecular weight is 315 g/mol. The Kier molecular flexibility index (Phi) is 4.24. The topological polar surface area (TPSA) is 35.8 Å². The van der Waals surface area contributed by atoms with Crippen LogP contribution in [0, 0.1) is 25.2 Å². The lowest BCUT2D eigenvalue weighted by molar-refractivity contribution is 0.990. The van der Waals surface area contributed by atoms with Crippen LogP contribution in [0.15, 0.2) is 46.9 Å². The lowest BCUT2D eigenvalue weighted by Crippen LogP contribution is -2.08. The zero-order valence-corrected chi connectivity index (χ0v) is 12.5. The summed E-state index contributed by atoms with van der Waals surface area (Å²) in [6, 6.07) is 16.0. The minimum Gasteiger partial charge on any atom is -0.366 e. The van der Waals surface area contributed by atoms with Gasteiger partial charge in [-0.05, 0) is 43.7 Å². The zero-order valence-electron chi connectivity index (χ0n) is 10.9. The fourth-order valence-electron chi connectivity index (χ4n) is 2.08. The Bertz CT molecular complexity index is 591. The van der Waals surface area contributed by atoms with Gasteiger partial charge in [0.2, 0.25) is 0 Å². The summed E-state index contributed by atoms with van der Waals surface area (Å²) in [4.78, 5) is 0. The van der Waals surface area contributed by atoms with E-state index in [4.69, 9.17) is 0 Å². The Morgan fingerprint density at radius 3 is 2.16 bits per heavy atom. The van der Waals surface area contributed by atoms with Gasteiger partial charge in [0, 0.05) is 10.2 Å². The summed E-state index contributed by atoms with van der Waals surface area (Å²) in [6.45, 7) is 4.09. The van der Waals surface area contributed by atoms with Gasteiger partial charge in [-0.25, -0.2) is 0 Å². The maximum Gasteiger partial charge on any atom is 0.140 e. The van der Waals surface area contributed by atoms with Crippen LogP contribution in [0.2, 0.25) is 0 Å². The molecule has 3 heteroatoms. The minimum absolute atomic E-state index is 0.334. The van der Waals surface area contributed by atoms with E-state index in [1.54, 1.807) is 0 Å². The van der Waals surface area contributed by atoms with Gasteiger partial charge in [-0.3, -0.25) is 0 Å². The normalized spacial score (nSPS) is 11.7. The standard InChI is InChI=1S/C16H15BrN2/c1-11-7-12(2)9-13(8-11)16(10-18)19-15-5-3-14(17)4-6-15/h3-9,16,19H,1-2H3. The maximum atomic E-state index is 9.36. The molecule has 0 saturated heterocycles. The van der Waals surface area contributed by atoms with Crippen LogP contribution in [0.25, 0.3) is 0 Å². The first kappa shape index (κ1) is 13.6. The third-order valence-electron chi connectivity index (χ3n) is 2.86. The second-order valence-corrected chi connectivity index (χ2v) is 5.55. The molecule has 0 spiro atoms. The number of benzene rings is 2. The van der Waals surface area contributed by atoms with Crippen LogP contribution in [0.4, 0.5) is 5.69 Å². The molecule has 0 heterocycles. The van der Waals surface area contributed by atoms with Crippen molar-refractivity contribution in [2.24, 2.45) is 0 Å². The van der Waals surface area contributed by atoms with Gasteiger partial charge in [-0.1, -0.05) is 45.3 Å². The number of hydrogen-bond acceptors (Lipinski definition) is 2. The Hall–Kier alpha value is -1.79. The van der Waals surface area contributed by atoms with Gasteiger partial charge in [0.05, 0.1) is 6.07 Å². The number of anilines is 1. The highest BCUT2D eigenvalue weighted by molar-refractivity contribution is 9.10. The molecule has 1 N–H and O–H groups in total. The lowest BCUT2D eigenvalue weighted by atomic mass is 10.0. The van der Waals surface area contributed by atoms with Gasteiger partial charge >= 0.3 is 0 Å². The molecule has 1 atom stereocenters. The molecular formula is C16H15BrN2. The summed E-state index contributed by atoms with van der Waals surface area (Å²) >= 11 is 3.40. The highest BCUT2D eigenvalue weighted by Crippen LogP contribution is 2.22. The lowest BCUT2D eigenvalue weighted by Gasteiger charge is -2.14. The van der Waals surface area contributed by atoms with Crippen molar-refractivity contribution < 1.29 is 0 Å². The van der Waals surface area contributed by atoms with Crippen molar-refractivity contribution in [3.8, 4) is 6.07 Å². The van der Waals surface area contributed by atoms with E-state index < -0.39 is 0 Å². The summed E-state index contributed by atoms with van der Waals surface area (Å²) < 4.78 is 1.03. The van der Waals surface area contributed by atoms with Crippen LogP contribution < -0.4 is 5.32 Å². The molecule has 0 aliphatic rings. The van der Waals surface area contributed by atoms with Gasteiger partial charge in [-0.2, -0.15) is 5.26 Å². The van der Waals surface area contributed by atoms with E-state index in [0.717, 1.165) is 15.7 Å². The van der Waals surface area contributed by atoms with Crippen molar-refractivity contribution in [2.45, 2.75) is 19.9 Å². The largest absolute Gasteiger partial charge is 0.366 e. The molecule has 2 aromatic rings. The fourth-order valence-corrected chi connectivity index (χ4v) is 2.34. The average Bonchev–Trinajstić information content (AvgIpc) is 2.37. The van der Waals surface area contributed by atoms with Crippen molar-refractivity contribution in [1.29, 1.82) is 5.26 Å². The number of nitriles is 1. The van der Waals surface area contributed by atoms with E-state index >= 15 is 0 Å². The predicted octanol–water partition coefficient (Wildman–Crippen LogP) is 4.74. The first-order valence-electron chi connectivity index (χ1n) is 6.08. The van der Waals surface area contributed by atoms with E-state index in [9.17, 15) is 5.26 Å². The van der Waals surface area contributed by atoms with Crippen molar-refractivity contribution in [3.63, 3.8) is 0 Å². The van der Waals surface area contributed by atoms with Gasteiger partial charge < -0.3 is 5.32 Å². The van der Waals surface area contributed by atoms with Gasteiger partial charge in [-0.15, -0.1) is 0 Å². The van der Waals surface area contributed by atoms with Gasteiger partial charge in [0.15, 0.2) is 0 Å². The van der Waals surface area contributed by atoms with Crippen LogP contribution in [0.3, 0.4) is 0 Å². The molecule has 0 aromatic heterocycles. The molecule has 0 amide bonds. The fraction of sp³-hybridized carbons (Fsp3) is 0.188. The third kappa shape index (κ3) is 3.59. The molecule has 0 bridgehead atoms. The third-order valence-corrected chi connectivity index (χ3v) is 3.39. The number of rotatable bonds is 3. The first-order valence-corrected chi connectivity index (χ1v) is 6.88. The van der Waals surface area contributed by atoms with Crippen LogP contribution in [0.1, 0.15) is 22.7 Å². The van der Waals surface area contributed by atoms with Crippen LogP contribution in [-0.2, 0) is 0 Å². The Balaban J connectivity index is 2.25. The molecular weight excluding hydrogens is 300 g/mol. The zero-order chi connectivity index (χ0) is 13.8. The quantitative estimate of drug-likeness (QED) is 0.888. The second kappa shape index (κ2) is 5.90. The first-order chi connectivity index (χ1) is 9.08. The van der Waals surface area contributed by atoms with Crippen LogP contribution >= 0.6 is 15.9 Å². The molecule has 2 aromatic carbocycles. The van der Waals surface area contributed by atoms with Crippen molar-refractivity contribution in [2.75, 3.05) is 5.32 Å². The number of aryl methyl sites for hydroxylation is 2. The summed E-state index contributed by atoms with van der Waals surface area (Å²) in [5.41, 5.74) is 4.29. The molecule has 0 fully saturated rings. The molecule has 2 nitrogen and oxygen atoms in total. The smallest absolute Gasteiger partial charge is 0.140 e.